The first-order valence-electron chi connectivity index (χ1n) is 6.91. The van der Waals surface area contributed by atoms with Crippen LogP contribution in [0.3, 0.4) is 0 Å². The number of hydrogen-bond donors (Lipinski definition) is 1. The van der Waals surface area contributed by atoms with Crippen LogP contribution < -0.4 is 5.73 Å². The molecule has 1 aromatic rings. The standard InChI is InChI=1S/C13H21N3O2/c1-8-3-2-4-9(5-8)12-15-13(18-16-12)10-6-17-7-11(10)14/h8-11H,2-7,14H2,1H3. The van der Waals surface area contributed by atoms with E-state index in [1.807, 2.05) is 0 Å². The average Bonchev–Trinajstić information content (AvgIpc) is 2.97. The molecule has 0 radical (unpaired) electrons. The fourth-order valence-corrected chi connectivity index (χ4v) is 3.06. The molecule has 2 fully saturated rings. The second-order valence-corrected chi connectivity index (χ2v) is 5.77. The van der Waals surface area contributed by atoms with Gasteiger partial charge in [-0.25, -0.2) is 0 Å². The minimum absolute atomic E-state index is 0.0106. The molecule has 1 aromatic heterocycles. The second kappa shape index (κ2) is 4.97. The van der Waals surface area contributed by atoms with Crippen LogP contribution in [0.1, 0.15) is 56.2 Å². The Labute approximate surface area is 107 Å². The van der Waals surface area contributed by atoms with Crippen molar-refractivity contribution < 1.29 is 9.26 Å². The summed E-state index contributed by atoms with van der Waals surface area (Å²) in [5.41, 5.74) is 5.97. The van der Waals surface area contributed by atoms with Gasteiger partial charge in [0.25, 0.3) is 0 Å². The quantitative estimate of drug-likeness (QED) is 0.867. The molecule has 0 aromatic carbocycles. The van der Waals surface area contributed by atoms with Gasteiger partial charge in [0.05, 0.1) is 19.1 Å². The molecule has 3 rings (SSSR count). The topological polar surface area (TPSA) is 74.2 Å². The van der Waals surface area contributed by atoms with Crippen molar-refractivity contribution >= 4 is 0 Å². The number of nitrogens with zero attached hydrogens (tertiary/aromatic N) is 2. The highest BCUT2D eigenvalue weighted by Crippen LogP contribution is 2.35. The van der Waals surface area contributed by atoms with Gasteiger partial charge >= 0.3 is 0 Å². The Hall–Kier alpha value is -0.940. The van der Waals surface area contributed by atoms with Crippen LogP contribution in [0.15, 0.2) is 4.52 Å². The van der Waals surface area contributed by atoms with E-state index in [1.165, 1.54) is 25.7 Å². The lowest BCUT2D eigenvalue weighted by Gasteiger charge is -2.23. The third kappa shape index (κ3) is 2.29. The number of aromatic nitrogens is 2. The largest absolute Gasteiger partial charge is 0.379 e. The summed E-state index contributed by atoms with van der Waals surface area (Å²) < 4.78 is 10.7. The average molecular weight is 251 g/mol. The SMILES string of the molecule is CC1CCCC(c2noc(C3COCC3N)n2)C1. The third-order valence-electron chi connectivity index (χ3n) is 4.20. The number of ether oxygens (including phenoxy) is 1. The molecule has 4 unspecified atom stereocenters. The second-order valence-electron chi connectivity index (χ2n) is 5.77. The highest BCUT2D eigenvalue weighted by molar-refractivity contribution is 5.04. The molecule has 0 bridgehead atoms. The molecule has 2 heterocycles. The monoisotopic (exact) mass is 251 g/mol. The van der Waals surface area contributed by atoms with Crippen LogP contribution in [0, 0.1) is 5.92 Å². The van der Waals surface area contributed by atoms with Crippen molar-refractivity contribution in [2.45, 2.75) is 50.5 Å². The lowest BCUT2D eigenvalue weighted by atomic mass is 9.82. The van der Waals surface area contributed by atoms with Gasteiger partial charge in [-0.05, 0) is 18.8 Å². The van der Waals surface area contributed by atoms with E-state index in [9.17, 15) is 0 Å². The Morgan fingerprint density at radius 3 is 2.89 bits per heavy atom. The van der Waals surface area contributed by atoms with E-state index in [1.54, 1.807) is 0 Å². The van der Waals surface area contributed by atoms with Gasteiger partial charge in [-0.2, -0.15) is 4.98 Å². The normalized spacial score (nSPS) is 37.0. The molecule has 100 valence electrons. The van der Waals surface area contributed by atoms with Gasteiger partial charge in [-0.3, -0.25) is 0 Å². The fraction of sp³-hybridized carbons (Fsp3) is 0.846. The summed E-state index contributed by atoms with van der Waals surface area (Å²) in [6.45, 7) is 3.49. The molecular formula is C13H21N3O2. The first kappa shape index (κ1) is 12.1. The van der Waals surface area contributed by atoms with Crippen LogP contribution in [-0.4, -0.2) is 29.4 Å². The zero-order chi connectivity index (χ0) is 12.5. The highest BCUT2D eigenvalue weighted by Gasteiger charge is 2.32. The Morgan fingerprint density at radius 1 is 1.28 bits per heavy atom. The van der Waals surface area contributed by atoms with E-state index in [2.05, 4.69) is 17.1 Å². The zero-order valence-corrected chi connectivity index (χ0v) is 10.8. The van der Waals surface area contributed by atoms with Crippen LogP contribution in [0.2, 0.25) is 0 Å². The molecule has 0 spiro atoms. The Kier molecular flexibility index (Phi) is 3.35. The van der Waals surface area contributed by atoms with Crippen molar-refractivity contribution in [1.29, 1.82) is 0 Å². The molecule has 0 amide bonds. The van der Waals surface area contributed by atoms with Crippen LogP contribution in [0.25, 0.3) is 0 Å². The molecule has 2 aliphatic rings. The first-order chi connectivity index (χ1) is 8.74. The molecule has 1 saturated heterocycles. The van der Waals surface area contributed by atoms with Crippen molar-refractivity contribution in [3.05, 3.63) is 11.7 Å². The van der Waals surface area contributed by atoms with Gasteiger partial charge in [0.2, 0.25) is 5.89 Å². The minimum atomic E-state index is -0.0106. The zero-order valence-electron chi connectivity index (χ0n) is 10.8. The predicted molar refractivity (Wildman–Crippen MR) is 66.2 cm³/mol. The Balaban J connectivity index is 1.72. The van der Waals surface area contributed by atoms with Crippen LogP contribution in [0.5, 0.6) is 0 Å². The summed E-state index contributed by atoms with van der Waals surface area (Å²) in [7, 11) is 0. The van der Waals surface area contributed by atoms with E-state index >= 15 is 0 Å². The Morgan fingerprint density at radius 2 is 2.17 bits per heavy atom. The van der Waals surface area contributed by atoms with E-state index in [0.717, 1.165) is 11.7 Å². The maximum absolute atomic E-state index is 5.97. The van der Waals surface area contributed by atoms with Crippen molar-refractivity contribution in [2.75, 3.05) is 13.2 Å². The van der Waals surface area contributed by atoms with E-state index < -0.39 is 0 Å². The molecule has 1 saturated carbocycles. The van der Waals surface area contributed by atoms with Gasteiger partial charge in [0.1, 0.15) is 0 Å². The van der Waals surface area contributed by atoms with Crippen molar-refractivity contribution in [3.63, 3.8) is 0 Å². The summed E-state index contributed by atoms with van der Waals surface area (Å²) in [5, 5.41) is 4.16. The van der Waals surface area contributed by atoms with Crippen LogP contribution in [-0.2, 0) is 4.74 Å². The molecule has 4 atom stereocenters. The Bertz CT molecular complexity index is 407. The molecule has 5 heteroatoms. The predicted octanol–water partition coefficient (Wildman–Crippen LogP) is 1.80. The van der Waals surface area contributed by atoms with Gasteiger partial charge in [0.15, 0.2) is 5.82 Å². The summed E-state index contributed by atoms with van der Waals surface area (Å²) in [4.78, 5) is 4.56. The summed E-state index contributed by atoms with van der Waals surface area (Å²) in [5.74, 6) is 2.84. The first-order valence-corrected chi connectivity index (χ1v) is 6.91. The van der Waals surface area contributed by atoms with E-state index in [0.29, 0.717) is 25.0 Å². The molecule has 1 aliphatic heterocycles. The van der Waals surface area contributed by atoms with E-state index in [-0.39, 0.29) is 12.0 Å². The van der Waals surface area contributed by atoms with Gasteiger partial charge in [-0.1, -0.05) is 24.9 Å². The van der Waals surface area contributed by atoms with Gasteiger partial charge in [0, 0.05) is 12.0 Å². The van der Waals surface area contributed by atoms with Crippen molar-refractivity contribution in [3.8, 4) is 0 Å². The fourth-order valence-electron chi connectivity index (χ4n) is 3.06. The number of rotatable bonds is 2. The molecule has 18 heavy (non-hydrogen) atoms. The van der Waals surface area contributed by atoms with Crippen LogP contribution in [0.4, 0.5) is 0 Å². The van der Waals surface area contributed by atoms with Crippen LogP contribution >= 0.6 is 0 Å². The smallest absolute Gasteiger partial charge is 0.233 e. The highest BCUT2D eigenvalue weighted by atomic mass is 16.5. The number of nitrogens with two attached hydrogens (primary N) is 1. The molecule has 1 aliphatic carbocycles. The number of hydrogen-bond acceptors (Lipinski definition) is 5. The maximum atomic E-state index is 5.97. The molecular weight excluding hydrogens is 230 g/mol. The lowest BCUT2D eigenvalue weighted by Crippen LogP contribution is -2.27. The van der Waals surface area contributed by atoms with Gasteiger partial charge < -0.3 is 15.0 Å². The summed E-state index contributed by atoms with van der Waals surface area (Å²) >= 11 is 0. The lowest BCUT2D eigenvalue weighted by molar-refractivity contribution is 0.187. The summed E-state index contributed by atoms with van der Waals surface area (Å²) in [6.07, 6.45) is 4.94. The molecule has 2 N–H and O–H groups in total. The maximum Gasteiger partial charge on any atom is 0.233 e. The van der Waals surface area contributed by atoms with Crippen molar-refractivity contribution in [2.24, 2.45) is 11.7 Å². The summed E-state index contributed by atoms with van der Waals surface area (Å²) in [6, 6.07) is -0.0106. The molecule has 5 nitrogen and oxygen atoms in total. The van der Waals surface area contributed by atoms with Gasteiger partial charge in [-0.15, -0.1) is 0 Å². The van der Waals surface area contributed by atoms with Crippen molar-refractivity contribution in [1.82, 2.24) is 10.1 Å². The third-order valence-corrected chi connectivity index (χ3v) is 4.20. The van der Waals surface area contributed by atoms with E-state index in [4.69, 9.17) is 15.0 Å². The minimum Gasteiger partial charge on any atom is -0.379 e.